The van der Waals surface area contributed by atoms with Gasteiger partial charge in [0.1, 0.15) is 5.01 Å². The van der Waals surface area contributed by atoms with Crippen LogP contribution in [0.1, 0.15) is 25.8 Å². The fraction of sp³-hybridized carbons (Fsp3) is 0.357. The van der Waals surface area contributed by atoms with Crippen molar-refractivity contribution in [2.45, 2.75) is 31.2 Å². The quantitative estimate of drug-likeness (QED) is 0.857. The van der Waals surface area contributed by atoms with E-state index in [-0.39, 0.29) is 10.4 Å². The summed E-state index contributed by atoms with van der Waals surface area (Å²) in [6.45, 7) is 6.20. The molecule has 0 saturated carbocycles. The Bertz CT molecular complexity index is 678. The number of aromatic nitrogens is 1. The normalized spacial score (nSPS) is 12.3. The van der Waals surface area contributed by atoms with Crippen LogP contribution < -0.4 is 10.0 Å². The number of benzene rings is 1. The van der Waals surface area contributed by atoms with Crippen molar-refractivity contribution in [1.82, 2.24) is 9.71 Å². The summed E-state index contributed by atoms with van der Waals surface area (Å²) in [4.78, 5) is 4.58. The maximum Gasteiger partial charge on any atom is 0.240 e. The number of thiazole rings is 1. The second-order valence-corrected chi connectivity index (χ2v) is 7.77. The summed E-state index contributed by atoms with van der Waals surface area (Å²) >= 11 is 1.58. The van der Waals surface area contributed by atoms with E-state index in [1.807, 2.05) is 19.2 Å². The van der Waals surface area contributed by atoms with Gasteiger partial charge in [-0.15, -0.1) is 11.3 Å². The summed E-state index contributed by atoms with van der Waals surface area (Å²) in [5, 5.41) is 6.28. The van der Waals surface area contributed by atoms with Crippen LogP contribution in [-0.4, -0.2) is 19.9 Å². The largest absolute Gasteiger partial charge is 0.374 e. The van der Waals surface area contributed by atoms with E-state index in [0.29, 0.717) is 6.54 Å². The van der Waals surface area contributed by atoms with Crippen LogP contribution in [0.5, 0.6) is 0 Å². The highest BCUT2D eigenvalue weighted by Gasteiger charge is 2.23. The van der Waals surface area contributed by atoms with Gasteiger partial charge >= 0.3 is 0 Å². The molecule has 2 rings (SSSR count). The SMILES string of the molecule is CCNS(=O)(=O)c1ccc(NC(C)(C)c2nccs2)cc1. The average Bonchev–Trinajstić information content (AvgIpc) is 2.93. The van der Waals surface area contributed by atoms with Crippen molar-refractivity contribution >= 4 is 27.0 Å². The number of anilines is 1. The van der Waals surface area contributed by atoms with Crippen LogP contribution in [0.2, 0.25) is 0 Å². The van der Waals surface area contributed by atoms with Crippen LogP contribution in [0.25, 0.3) is 0 Å². The van der Waals surface area contributed by atoms with Gasteiger partial charge in [-0.1, -0.05) is 6.92 Å². The molecular weight excluding hydrogens is 306 g/mol. The lowest BCUT2D eigenvalue weighted by atomic mass is 10.1. The summed E-state index contributed by atoms with van der Waals surface area (Å²) in [6, 6.07) is 6.72. The second-order valence-electron chi connectivity index (χ2n) is 5.11. The number of nitrogens with one attached hydrogen (secondary N) is 2. The van der Waals surface area contributed by atoms with Crippen LogP contribution in [-0.2, 0) is 15.6 Å². The fourth-order valence-corrected chi connectivity index (χ4v) is 3.70. The van der Waals surface area contributed by atoms with Crippen molar-refractivity contribution in [1.29, 1.82) is 0 Å². The molecule has 5 nitrogen and oxygen atoms in total. The number of hydrogen-bond acceptors (Lipinski definition) is 5. The molecule has 1 aromatic heterocycles. The van der Waals surface area contributed by atoms with Crippen molar-refractivity contribution in [3.8, 4) is 0 Å². The van der Waals surface area contributed by atoms with Crippen molar-refractivity contribution < 1.29 is 8.42 Å². The molecule has 2 aromatic rings. The van der Waals surface area contributed by atoms with Gasteiger partial charge in [0.15, 0.2) is 0 Å². The zero-order chi connectivity index (χ0) is 15.5. The molecule has 21 heavy (non-hydrogen) atoms. The number of nitrogens with zero attached hydrogens (tertiary/aromatic N) is 1. The molecule has 0 unspecified atom stereocenters. The highest BCUT2D eigenvalue weighted by atomic mass is 32.2. The van der Waals surface area contributed by atoms with Gasteiger partial charge in [0.05, 0.1) is 10.4 Å². The molecule has 1 heterocycles. The highest BCUT2D eigenvalue weighted by Crippen LogP contribution is 2.27. The standard InChI is InChI=1S/C14H19N3O2S2/c1-4-16-21(18,19)12-7-5-11(6-8-12)17-14(2,3)13-15-9-10-20-13/h5-10,16-17H,4H2,1-3H3. The molecule has 0 amide bonds. The summed E-state index contributed by atoms with van der Waals surface area (Å²) in [5.74, 6) is 0. The summed E-state index contributed by atoms with van der Waals surface area (Å²) in [7, 11) is -3.40. The van der Waals surface area contributed by atoms with E-state index in [0.717, 1.165) is 10.7 Å². The Kier molecular flexibility index (Phi) is 4.65. The van der Waals surface area contributed by atoms with Crippen molar-refractivity contribution in [3.05, 3.63) is 40.8 Å². The topological polar surface area (TPSA) is 71.1 Å². The minimum Gasteiger partial charge on any atom is -0.374 e. The summed E-state index contributed by atoms with van der Waals surface area (Å²) in [6.07, 6.45) is 1.77. The molecule has 0 fully saturated rings. The number of rotatable bonds is 6. The van der Waals surface area contributed by atoms with Crippen LogP contribution in [0.15, 0.2) is 40.7 Å². The van der Waals surface area contributed by atoms with E-state index in [2.05, 4.69) is 15.0 Å². The number of sulfonamides is 1. The van der Waals surface area contributed by atoms with Crippen LogP contribution in [0.4, 0.5) is 5.69 Å². The minimum absolute atomic E-state index is 0.266. The monoisotopic (exact) mass is 325 g/mol. The molecule has 0 bridgehead atoms. The lowest BCUT2D eigenvalue weighted by Gasteiger charge is -2.25. The van der Waals surface area contributed by atoms with Crippen molar-refractivity contribution in [2.75, 3.05) is 11.9 Å². The summed E-state index contributed by atoms with van der Waals surface area (Å²) < 4.78 is 26.2. The Labute approximate surface area is 129 Å². The fourth-order valence-electron chi connectivity index (χ4n) is 1.94. The van der Waals surface area contributed by atoms with Crippen LogP contribution >= 0.6 is 11.3 Å². The average molecular weight is 325 g/mol. The van der Waals surface area contributed by atoms with E-state index < -0.39 is 10.0 Å². The van der Waals surface area contributed by atoms with Gasteiger partial charge in [0.2, 0.25) is 10.0 Å². The third kappa shape index (κ3) is 3.81. The molecule has 7 heteroatoms. The zero-order valence-corrected chi connectivity index (χ0v) is 13.9. The van der Waals surface area contributed by atoms with Gasteiger partial charge in [0.25, 0.3) is 0 Å². The Balaban J connectivity index is 2.17. The Morgan fingerprint density at radius 1 is 1.24 bits per heavy atom. The molecule has 0 atom stereocenters. The minimum atomic E-state index is -3.40. The lowest BCUT2D eigenvalue weighted by molar-refractivity contribution is 0.584. The van der Waals surface area contributed by atoms with E-state index in [9.17, 15) is 8.42 Å². The van der Waals surface area contributed by atoms with Crippen molar-refractivity contribution in [3.63, 3.8) is 0 Å². The summed E-state index contributed by atoms with van der Waals surface area (Å²) in [5.41, 5.74) is 0.543. The molecule has 114 valence electrons. The predicted molar refractivity (Wildman–Crippen MR) is 86.1 cm³/mol. The molecule has 0 radical (unpaired) electrons. The smallest absolute Gasteiger partial charge is 0.240 e. The predicted octanol–water partition coefficient (Wildman–Crippen LogP) is 2.79. The van der Waals surface area contributed by atoms with Crippen LogP contribution in [0, 0.1) is 0 Å². The maximum atomic E-state index is 11.9. The Hall–Kier alpha value is -1.44. The highest BCUT2D eigenvalue weighted by molar-refractivity contribution is 7.89. The van der Waals surface area contributed by atoms with Gasteiger partial charge in [0, 0.05) is 23.8 Å². The molecule has 0 saturated heterocycles. The molecule has 2 N–H and O–H groups in total. The Morgan fingerprint density at radius 2 is 1.90 bits per heavy atom. The first-order valence-corrected chi connectivity index (χ1v) is 8.99. The Morgan fingerprint density at radius 3 is 2.43 bits per heavy atom. The van der Waals surface area contributed by atoms with Gasteiger partial charge in [-0.25, -0.2) is 18.1 Å². The van der Waals surface area contributed by atoms with E-state index in [1.165, 1.54) is 0 Å². The maximum absolute atomic E-state index is 11.9. The van der Waals surface area contributed by atoms with Gasteiger partial charge < -0.3 is 5.32 Å². The van der Waals surface area contributed by atoms with Crippen LogP contribution in [0.3, 0.4) is 0 Å². The first-order valence-electron chi connectivity index (χ1n) is 6.63. The number of hydrogen-bond donors (Lipinski definition) is 2. The van der Waals surface area contributed by atoms with E-state index >= 15 is 0 Å². The van der Waals surface area contributed by atoms with Gasteiger partial charge in [-0.3, -0.25) is 0 Å². The van der Waals surface area contributed by atoms with E-state index in [1.54, 1.807) is 48.7 Å². The second kappa shape index (κ2) is 6.13. The molecular formula is C14H19N3O2S2. The molecule has 1 aromatic carbocycles. The molecule has 0 aliphatic rings. The van der Waals surface area contributed by atoms with Gasteiger partial charge in [-0.2, -0.15) is 0 Å². The first kappa shape index (κ1) is 15.9. The molecule has 0 spiro atoms. The third-order valence-corrected chi connectivity index (χ3v) is 5.58. The lowest BCUT2D eigenvalue weighted by Crippen LogP contribution is -2.27. The van der Waals surface area contributed by atoms with Crippen molar-refractivity contribution in [2.24, 2.45) is 0 Å². The molecule has 0 aliphatic carbocycles. The molecule has 0 aliphatic heterocycles. The first-order chi connectivity index (χ1) is 9.85. The van der Waals surface area contributed by atoms with Gasteiger partial charge in [-0.05, 0) is 38.1 Å². The zero-order valence-electron chi connectivity index (χ0n) is 12.3. The van der Waals surface area contributed by atoms with E-state index in [4.69, 9.17) is 0 Å². The third-order valence-electron chi connectivity index (χ3n) is 2.92.